The Bertz CT molecular complexity index is 1270. The fourth-order valence-electron chi connectivity index (χ4n) is 2.40. The number of oxazole rings is 1. The number of aryl methyl sites for hydroxylation is 1. The van der Waals surface area contributed by atoms with Gasteiger partial charge in [-0.3, -0.25) is 9.29 Å². The van der Waals surface area contributed by atoms with Crippen LogP contribution in [0.4, 0.5) is 5.69 Å². The van der Waals surface area contributed by atoms with E-state index in [2.05, 4.69) is 4.72 Å². The van der Waals surface area contributed by atoms with Crippen molar-refractivity contribution in [2.24, 2.45) is 7.05 Å². The first-order valence-electron chi connectivity index (χ1n) is 7.67. The second-order valence-corrected chi connectivity index (χ2v) is 9.81. The van der Waals surface area contributed by atoms with E-state index in [9.17, 15) is 21.6 Å². The molecule has 27 heavy (non-hydrogen) atoms. The summed E-state index contributed by atoms with van der Waals surface area (Å²) in [6.45, 7) is 0. The fraction of sp³-hybridized carbons (Fsp3) is 0.188. The summed E-state index contributed by atoms with van der Waals surface area (Å²) in [5.74, 6) is -0.592. The van der Waals surface area contributed by atoms with Crippen LogP contribution in [-0.4, -0.2) is 39.8 Å². The number of anilines is 1. The molecule has 0 radical (unpaired) electrons. The Morgan fingerprint density at radius 1 is 0.963 bits per heavy atom. The van der Waals surface area contributed by atoms with E-state index >= 15 is 0 Å². The van der Waals surface area contributed by atoms with Gasteiger partial charge in [0.05, 0.1) is 15.3 Å². The highest BCUT2D eigenvalue weighted by molar-refractivity contribution is 7.92. The summed E-state index contributed by atoms with van der Waals surface area (Å²) in [6, 6.07) is 9.42. The molecule has 0 spiro atoms. The van der Waals surface area contributed by atoms with Crippen molar-refractivity contribution >= 4 is 36.8 Å². The van der Waals surface area contributed by atoms with E-state index in [4.69, 9.17) is 4.42 Å². The maximum absolute atomic E-state index is 12.6. The molecule has 1 heterocycles. The molecule has 0 amide bonds. The second kappa shape index (κ2) is 6.51. The minimum absolute atomic E-state index is 0.0444. The van der Waals surface area contributed by atoms with Gasteiger partial charge in [-0.1, -0.05) is 0 Å². The molecule has 3 aromatic rings. The molecule has 0 aliphatic rings. The van der Waals surface area contributed by atoms with Gasteiger partial charge >= 0.3 is 5.76 Å². The van der Waals surface area contributed by atoms with E-state index in [0.29, 0.717) is 5.52 Å². The van der Waals surface area contributed by atoms with Crippen molar-refractivity contribution in [3.63, 3.8) is 0 Å². The van der Waals surface area contributed by atoms with Crippen LogP contribution < -0.4 is 10.5 Å². The van der Waals surface area contributed by atoms with Crippen molar-refractivity contribution in [1.82, 2.24) is 8.87 Å². The zero-order chi connectivity index (χ0) is 20.0. The van der Waals surface area contributed by atoms with Crippen LogP contribution in [0.3, 0.4) is 0 Å². The quantitative estimate of drug-likeness (QED) is 0.673. The normalized spacial score (nSPS) is 12.6. The van der Waals surface area contributed by atoms with E-state index in [1.165, 1.54) is 68.2 Å². The lowest BCUT2D eigenvalue weighted by atomic mass is 10.3. The van der Waals surface area contributed by atoms with E-state index in [-0.39, 0.29) is 21.1 Å². The minimum atomic E-state index is -3.95. The molecular formula is C16H17N3O6S2. The molecule has 1 aromatic heterocycles. The van der Waals surface area contributed by atoms with Gasteiger partial charge < -0.3 is 4.42 Å². The lowest BCUT2D eigenvalue weighted by Crippen LogP contribution is -2.22. The number of fused-ring (bicyclic) bond motifs is 1. The van der Waals surface area contributed by atoms with Crippen molar-refractivity contribution in [1.29, 1.82) is 0 Å². The number of aromatic nitrogens is 1. The topological polar surface area (TPSA) is 119 Å². The molecule has 144 valence electrons. The van der Waals surface area contributed by atoms with Gasteiger partial charge in [-0.25, -0.2) is 25.9 Å². The van der Waals surface area contributed by atoms with Crippen LogP contribution in [0.1, 0.15) is 0 Å². The SMILES string of the molecule is CN(C)S(=O)(=O)c1ccc(NS(=O)(=O)c2ccc3c(c2)oc(=O)n3C)cc1. The molecular weight excluding hydrogens is 394 g/mol. The lowest BCUT2D eigenvalue weighted by Gasteiger charge is -2.12. The van der Waals surface area contributed by atoms with Crippen molar-refractivity contribution in [2.75, 3.05) is 18.8 Å². The third kappa shape index (κ3) is 3.48. The summed E-state index contributed by atoms with van der Waals surface area (Å²) in [6.07, 6.45) is 0. The van der Waals surface area contributed by atoms with Crippen LogP contribution in [0, 0.1) is 0 Å². The molecule has 0 atom stereocenters. The Morgan fingerprint density at radius 3 is 2.15 bits per heavy atom. The highest BCUT2D eigenvalue weighted by atomic mass is 32.2. The van der Waals surface area contributed by atoms with E-state index in [0.717, 1.165) is 4.31 Å². The largest absolute Gasteiger partial charge is 0.419 e. The van der Waals surface area contributed by atoms with Crippen molar-refractivity contribution in [3.05, 3.63) is 53.0 Å². The molecule has 3 rings (SSSR count). The molecule has 11 heteroatoms. The number of benzene rings is 2. The molecule has 0 fully saturated rings. The number of nitrogens with zero attached hydrogens (tertiary/aromatic N) is 2. The number of sulfonamides is 2. The summed E-state index contributed by atoms with van der Waals surface area (Å²) in [4.78, 5) is 11.5. The molecule has 0 aliphatic heterocycles. The van der Waals surface area contributed by atoms with Crippen molar-refractivity contribution in [2.45, 2.75) is 9.79 Å². The van der Waals surface area contributed by atoms with E-state index in [1.807, 2.05) is 0 Å². The highest BCUT2D eigenvalue weighted by Crippen LogP contribution is 2.22. The van der Waals surface area contributed by atoms with Gasteiger partial charge in [0.15, 0.2) is 5.58 Å². The monoisotopic (exact) mass is 411 g/mol. The maximum atomic E-state index is 12.6. The van der Waals surface area contributed by atoms with Crippen molar-refractivity contribution < 1.29 is 21.3 Å². The van der Waals surface area contributed by atoms with Gasteiger partial charge in [0.1, 0.15) is 0 Å². The smallest absolute Gasteiger partial charge is 0.408 e. The highest BCUT2D eigenvalue weighted by Gasteiger charge is 2.19. The Labute approximate surface area is 155 Å². The molecule has 9 nitrogen and oxygen atoms in total. The predicted octanol–water partition coefficient (Wildman–Crippen LogP) is 1.18. The van der Waals surface area contributed by atoms with Crippen LogP contribution in [0.5, 0.6) is 0 Å². The molecule has 0 saturated heterocycles. The van der Waals surface area contributed by atoms with Crippen LogP contribution in [0.15, 0.2) is 61.5 Å². The van der Waals surface area contributed by atoms with Crippen LogP contribution in [0.25, 0.3) is 11.1 Å². The van der Waals surface area contributed by atoms with E-state index < -0.39 is 25.8 Å². The fourth-order valence-corrected chi connectivity index (χ4v) is 4.38. The van der Waals surface area contributed by atoms with Gasteiger partial charge in [0, 0.05) is 32.9 Å². The summed E-state index contributed by atoms with van der Waals surface area (Å²) in [7, 11) is -3.23. The first-order valence-corrected chi connectivity index (χ1v) is 10.6. The van der Waals surface area contributed by atoms with Gasteiger partial charge in [0.2, 0.25) is 10.0 Å². The van der Waals surface area contributed by atoms with Crippen molar-refractivity contribution in [3.8, 4) is 0 Å². The molecule has 0 bridgehead atoms. The summed E-state index contributed by atoms with van der Waals surface area (Å²) in [5, 5.41) is 0. The number of rotatable bonds is 5. The summed E-state index contributed by atoms with van der Waals surface area (Å²) < 4.78 is 58.9. The van der Waals surface area contributed by atoms with Gasteiger partial charge in [-0.05, 0) is 36.4 Å². The summed E-state index contributed by atoms with van der Waals surface area (Å²) >= 11 is 0. The molecule has 0 unspecified atom stereocenters. The first kappa shape index (κ1) is 19.1. The van der Waals surface area contributed by atoms with Gasteiger partial charge in [0.25, 0.3) is 10.0 Å². The van der Waals surface area contributed by atoms with E-state index in [1.54, 1.807) is 0 Å². The zero-order valence-electron chi connectivity index (χ0n) is 14.7. The lowest BCUT2D eigenvalue weighted by molar-refractivity contribution is 0.520. The molecule has 0 aliphatic carbocycles. The number of hydrogen-bond acceptors (Lipinski definition) is 6. The average molecular weight is 411 g/mol. The Kier molecular flexibility index (Phi) is 4.62. The zero-order valence-corrected chi connectivity index (χ0v) is 16.3. The Balaban J connectivity index is 1.92. The minimum Gasteiger partial charge on any atom is -0.408 e. The second-order valence-electron chi connectivity index (χ2n) is 5.97. The maximum Gasteiger partial charge on any atom is 0.419 e. The molecule has 0 saturated carbocycles. The number of nitrogens with one attached hydrogen (secondary N) is 1. The Morgan fingerprint density at radius 2 is 1.56 bits per heavy atom. The van der Waals surface area contributed by atoms with Crippen LogP contribution in [0.2, 0.25) is 0 Å². The molecule has 1 N–H and O–H groups in total. The predicted molar refractivity (Wildman–Crippen MR) is 99.6 cm³/mol. The first-order chi connectivity index (χ1) is 12.5. The Hall–Kier alpha value is -2.63. The van der Waals surface area contributed by atoms with Crippen LogP contribution >= 0.6 is 0 Å². The standard InChI is InChI=1S/C16H17N3O6S2/c1-18(2)27(23,24)12-6-4-11(5-7-12)17-26(21,22)13-8-9-14-15(10-13)25-16(20)19(14)3/h4-10,17H,1-3H3. The van der Waals surface area contributed by atoms with Crippen LogP contribution in [-0.2, 0) is 27.1 Å². The molecule has 2 aromatic carbocycles. The van der Waals surface area contributed by atoms with Gasteiger partial charge in [-0.15, -0.1) is 0 Å². The third-order valence-corrected chi connectivity index (χ3v) is 7.17. The summed E-state index contributed by atoms with van der Waals surface area (Å²) in [5.41, 5.74) is 0.817. The average Bonchev–Trinajstić information content (AvgIpc) is 2.89. The number of hydrogen-bond donors (Lipinski definition) is 1. The third-order valence-electron chi connectivity index (χ3n) is 3.96. The van der Waals surface area contributed by atoms with Gasteiger partial charge in [-0.2, -0.15) is 0 Å².